The summed E-state index contributed by atoms with van der Waals surface area (Å²) >= 11 is 0. The smallest absolute Gasteiger partial charge is 0.233 e. The van der Waals surface area contributed by atoms with Crippen LogP contribution in [-0.2, 0) is 22.7 Å². The van der Waals surface area contributed by atoms with Crippen molar-refractivity contribution in [3.63, 3.8) is 0 Å². The fourth-order valence-electron chi connectivity index (χ4n) is 2.71. The Balaban J connectivity index is 2.03. The second-order valence-corrected chi connectivity index (χ2v) is 4.85. The van der Waals surface area contributed by atoms with Crippen molar-refractivity contribution >= 4 is 17.5 Å². The van der Waals surface area contributed by atoms with E-state index in [4.69, 9.17) is 5.26 Å². The average Bonchev–Trinajstić information content (AvgIpc) is 2.82. The molecule has 1 fully saturated rings. The van der Waals surface area contributed by atoms with Gasteiger partial charge in [0.25, 0.3) is 0 Å². The van der Waals surface area contributed by atoms with E-state index < -0.39 is 0 Å². The van der Waals surface area contributed by atoms with E-state index in [0.29, 0.717) is 38.0 Å². The van der Waals surface area contributed by atoms with Gasteiger partial charge in [-0.2, -0.15) is 5.26 Å². The first-order valence-corrected chi connectivity index (χ1v) is 6.32. The van der Waals surface area contributed by atoms with E-state index in [1.807, 2.05) is 12.1 Å². The molecule has 2 amide bonds. The van der Waals surface area contributed by atoms with Crippen molar-refractivity contribution in [1.82, 2.24) is 4.90 Å². The molecule has 2 aliphatic rings. The van der Waals surface area contributed by atoms with Crippen molar-refractivity contribution in [3.05, 3.63) is 29.3 Å². The highest BCUT2D eigenvalue weighted by Crippen LogP contribution is 2.33. The van der Waals surface area contributed by atoms with E-state index in [1.54, 1.807) is 11.0 Å². The van der Waals surface area contributed by atoms with E-state index in [1.165, 1.54) is 4.90 Å². The third-order valence-corrected chi connectivity index (χ3v) is 3.62. The van der Waals surface area contributed by atoms with Crippen LogP contribution in [0.1, 0.15) is 30.4 Å². The lowest BCUT2D eigenvalue weighted by molar-refractivity contribution is -0.129. The number of imide groups is 1. The standard InChI is InChI=1S/C14H13N3O2/c15-9-16-7-10-3-1-4-12(11(10)8-16)17-13(18)5-2-6-14(17)19/h1,3-4H,2,5-8H2. The van der Waals surface area contributed by atoms with Crippen molar-refractivity contribution in [1.29, 1.82) is 5.26 Å². The van der Waals surface area contributed by atoms with Gasteiger partial charge in [0.2, 0.25) is 11.8 Å². The lowest BCUT2D eigenvalue weighted by atomic mass is 10.0. The zero-order chi connectivity index (χ0) is 13.4. The summed E-state index contributed by atoms with van der Waals surface area (Å²) in [6, 6.07) is 5.57. The number of carbonyl (C=O) groups excluding carboxylic acids is 2. The number of carbonyl (C=O) groups is 2. The summed E-state index contributed by atoms with van der Waals surface area (Å²) in [6.45, 7) is 1.02. The predicted octanol–water partition coefficient (Wildman–Crippen LogP) is 1.53. The van der Waals surface area contributed by atoms with Crippen LogP contribution in [0.2, 0.25) is 0 Å². The highest BCUT2D eigenvalue weighted by atomic mass is 16.2. The Morgan fingerprint density at radius 3 is 2.53 bits per heavy atom. The molecule has 0 atom stereocenters. The summed E-state index contributed by atoms with van der Waals surface area (Å²) in [5, 5.41) is 8.97. The molecule has 2 heterocycles. The zero-order valence-electron chi connectivity index (χ0n) is 10.4. The molecule has 0 aromatic heterocycles. The van der Waals surface area contributed by atoms with Gasteiger partial charge in [0, 0.05) is 18.4 Å². The summed E-state index contributed by atoms with van der Waals surface area (Å²) in [6.07, 6.45) is 3.57. The van der Waals surface area contributed by atoms with Gasteiger partial charge in [-0.15, -0.1) is 0 Å². The number of benzene rings is 1. The molecule has 5 nitrogen and oxygen atoms in total. The first kappa shape index (κ1) is 11.7. The van der Waals surface area contributed by atoms with Crippen molar-refractivity contribution in [2.45, 2.75) is 32.4 Å². The number of piperidine rings is 1. The van der Waals surface area contributed by atoms with Gasteiger partial charge in [-0.3, -0.25) is 14.5 Å². The van der Waals surface area contributed by atoms with Gasteiger partial charge >= 0.3 is 0 Å². The number of anilines is 1. The highest BCUT2D eigenvalue weighted by molar-refractivity contribution is 6.16. The third-order valence-electron chi connectivity index (χ3n) is 3.62. The fraction of sp³-hybridized carbons (Fsp3) is 0.357. The Hall–Kier alpha value is -2.35. The van der Waals surface area contributed by atoms with Crippen LogP contribution >= 0.6 is 0 Å². The number of amides is 2. The van der Waals surface area contributed by atoms with Crippen LogP contribution in [0.3, 0.4) is 0 Å². The Morgan fingerprint density at radius 1 is 1.11 bits per heavy atom. The topological polar surface area (TPSA) is 64.4 Å². The number of hydrogen-bond acceptors (Lipinski definition) is 4. The molecule has 2 aliphatic heterocycles. The van der Waals surface area contributed by atoms with Crippen molar-refractivity contribution < 1.29 is 9.59 Å². The van der Waals surface area contributed by atoms with Crippen molar-refractivity contribution in [3.8, 4) is 6.19 Å². The Morgan fingerprint density at radius 2 is 1.84 bits per heavy atom. The number of nitrogens with zero attached hydrogens (tertiary/aromatic N) is 3. The lowest BCUT2D eigenvalue weighted by Gasteiger charge is -2.26. The van der Waals surface area contributed by atoms with E-state index in [2.05, 4.69) is 6.19 Å². The van der Waals surface area contributed by atoms with Crippen LogP contribution in [0.5, 0.6) is 0 Å². The van der Waals surface area contributed by atoms with E-state index in [-0.39, 0.29) is 11.8 Å². The van der Waals surface area contributed by atoms with Crippen molar-refractivity contribution in [2.24, 2.45) is 0 Å². The van der Waals surface area contributed by atoms with Crippen LogP contribution in [-0.4, -0.2) is 16.7 Å². The summed E-state index contributed by atoms with van der Waals surface area (Å²) in [4.78, 5) is 26.9. The first-order chi connectivity index (χ1) is 9.20. The van der Waals surface area contributed by atoms with Crippen LogP contribution in [0.15, 0.2) is 18.2 Å². The average molecular weight is 255 g/mol. The molecule has 19 heavy (non-hydrogen) atoms. The van der Waals surface area contributed by atoms with Crippen LogP contribution in [0, 0.1) is 11.5 Å². The SMILES string of the molecule is N#CN1Cc2cccc(N3C(=O)CCCC3=O)c2C1. The number of rotatable bonds is 1. The molecule has 0 aliphatic carbocycles. The minimum Gasteiger partial charge on any atom is -0.302 e. The Kier molecular flexibility index (Phi) is 2.71. The quantitative estimate of drug-likeness (QED) is 0.564. The number of nitriles is 1. The van der Waals surface area contributed by atoms with Crippen LogP contribution in [0.25, 0.3) is 0 Å². The first-order valence-electron chi connectivity index (χ1n) is 6.32. The van der Waals surface area contributed by atoms with Gasteiger partial charge < -0.3 is 4.90 Å². The normalized spacial score (nSPS) is 18.5. The minimum atomic E-state index is -0.139. The molecule has 1 aromatic rings. The van der Waals surface area contributed by atoms with Crippen LogP contribution < -0.4 is 4.90 Å². The minimum absolute atomic E-state index is 0.139. The van der Waals surface area contributed by atoms with Gasteiger partial charge in [0.05, 0.1) is 18.8 Å². The molecule has 1 aromatic carbocycles. The zero-order valence-corrected chi connectivity index (χ0v) is 10.4. The summed E-state index contributed by atoms with van der Waals surface area (Å²) in [5.74, 6) is -0.278. The molecule has 0 saturated carbocycles. The summed E-state index contributed by atoms with van der Waals surface area (Å²) < 4.78 is 0. The fourth-order valence-corrected chi connectivity index (χ4v) is 2.71. The maximum absolute atomic E-state index is 12.0. The Bertz CT molecular complexity index is 587. The van der Waals surface area contributed by atoms with Crippen LogP contribution in [0.4, 0.5) is 5.69 Å². The molecule has 0 bridgehead atoms. The van der Waals surface area contributed by atoms with E-state index in [0.717, 1.165) is 11.1 Å². The second kappa shape index (κ2) is 4.39. The van der Waals surface area contributed by atoms with Crippen molar-refractivity contribution in [2.75, 3.05) is 4.90 Å². The molecule has 96 valence electrons. The van der Waals surface area contributed by atoms with E-state index >= 15 is 0 Å². The maximum Gasteiger partial charge on any atom is 0.233 e. The van der Waals surface area contributed by atoms with Gasteiger partial charge in [0.1, 0.15) is 0 Å². The van der Waals surface area contributed by atoms with E-state index in [9.17, 15) is 9.59 Å². The molecular formula is C14H13N3O2. The van der Waals surface area contributed by atoms with Gasteiger partial charge in [-0.1, -0.05) is 12.1 Å². The largest absolute Gasteiger partial charge is 0.302 e. The molecular weight excluding hydrogens is 242 g/mol. The number of hydrogen-bond donors (Lipinski definition) is 0. The molecule has 0 radical (unpaired) electrons. The number of fused-ring (bicyclic) bond motifs is 1. The summed E-state index contributed by atoms with van der Waals surface area (Å²) in [5.41, 5.74) is 2.60. The molecule has 0 spiro atoms. The van der Waals surface area contributed by atoms with Gasteiger partial charge in [-0.05, 0) is 18.1 Å². The Labute approximate surface area is 111 Å². The second-order valence-electron chi connectivity index (χ2n) is 4.85. The monoisotopic (exact) mass is 255 g/mol. The molecule has 1 saturated heterocycles. The molecule has 5 heteroatoms. The predicted molar refractivity (Wildman–Crippen MR) is 67.6 cm³/mol. The molecule has 0 unspecified atom stereocenters. The third kappa shape index (κ3) is 1.85. The molecule has 3 rings (SSSR count). The van der Waals surface area contributed by atoms with Gasteiger partial charge in [-0.25, -0.2) is 0 Å². The molecule has 0 N–H and O–H groups in total. The van der Waals surface area contributed by atoms with Gasteiger partial charge in [0.15, 0.2) is 6.19 Å². The summed E-state index contributed by atoms with van der Waals surface area (Å²) in [7, 11) is 0. The highest BCUT2D eigenvalue weighted by Gasteiger charge is 2.31. The maximum atomic E-state index is 12.0. The lowest BCUT2D eigenvalue weighted by Crippen LogP contribution is -2.40.